The van der Waals surface area contributed by atoms with Crippen molar-refractivity contribution in [2.75, 3.05) is 7.05 Å². The molecule has 0 saturated heterocycles. The van der Waals surface area contributed by atoms with E-state index in [9.17, 15) is 4.79 Å². The van der Waals surface area contributed by atoms with Gasteiger partial charge in [0.05, 0.1) is 12.6 Å². The van der Waals surface area contributed by atoms with E-state index in [0.29, 0.717) is 6.54 Å². The molecule has 0 aliphatic carbocycles. The molecule has 0 aromatic carbocycles. The summed E-state index contributed by atoms with van der Waals surface area (Å²) in [6.45, 7) is 5.25. The van der Waals surface area contributed by atoms with Gasteiger partial charge in [-0.1, -0.05) is 6.92 Å². The maximum Gasteiger partial charge on any atom is 0.318 e. The zero-order chi connectivity index (χ0) is 15.2. The summed E-state index contributed by atoms with van der Waals surface area (Å²) in [5.41, 5.74) is 0. The molecule has 0 aliphatic heterocycles. The Morgan fingerprint density at radius 3 is 2.90 bits per heavy atom. The zero-order valence-electron chi connectivity index (χ0n) is 12.5. The zero-order valence-corrected chi connectivity index (χ0v) is 13.3. The maximum atomic E-state index is 12.3. The number of carbonyl (C=O) groups excluding carboxylic acids is 1. The first-order valence-corrected chi connectivity index (χ1v) is 7.81. The van der Waals surface area contributed by atoms with Crippen molar-refractivity contribution in [1.82, 2.24) is 30.0 Å². The number of hydrogen-bond acceptors (Lipinski definition) is 5. The molecular weight excluding hydrogens is 288 g/mol. The van der Waals surface area contributed by atoms with Crippen LogP contribution in [0.15, 0.2) is 17.9 Å². The topological polar surface area (TPSA) is 75.9 Å². The van der Waals surface area contributed by atoms with Gasteiger partial charge in [0.25, 0.3) is 0 Å². The number of carbonyl (C=O) groups is 1. The minimum atomic E-state index is -0.140. The summed E-state index contributed by atoms with van der Waals surface area (Å²) in [6, 6.07) is -0.276. The van der Waals surface area contributed by atoms with E-state index in [1.54, 1.807) is 22.8 Å². The van der Waals surface area contributed by atoms with E-state index in [1.807, 2.05) is 19.2 Å². The summed E-state index contributed by atoms with van der Waals surface area (Å²) in [5, 5.41) is 9.96. The molecule has 1 atom stereocenters. The summed E-state index contributed by atoms with van der Waals surface area (Å²) in [4.78, 5) is 22.3. The summed E-state index contributed by atoms with van der Waals surface area (Å²) >= 11 is 1.54. The molecule has 0 fully saturated rings. The van der Waals surface area contributed by atoms with Gasteiger partial charge in [0.1, 0.15) is 17.2 Å². The monoisotopic (exact) mass is 308 g/mol. The van der Waals surface area contributed by atoms with E-state index in [1.165, 1.54) is 17.7 Å². The molecule has 8 heteroatoms. The van der Waals surface area contributed by atoms with Crippen LogP contribution in [0.4, 0.5) is 4.79 Å². The van der Waals surface area contributed by atoms with E-state index in [0.717, 1.165) is 23.8 Å². The van der Waals surface area contributed by atoms with Gasteiger partial charge in [-0.25, -0.2) is 19.4 Å². The first kappa shape index (κ1) is 15.4. The molecule has 0 aliphatic rings. The normalized spacial score (nSPS) is 12.1. The lowest BCUT2D eigenvalue weighted by Crippen LogP contribution is -2.39. The molecule has 114 valence electrons. The molecule has 2 amide bonds. The van der Waals surface area contributed by atoms with Crippen LogP contribution < -0.4 is 5.32 Å². The van der Waals surface area contributed by atoms with Crippen LogP contribution in [0, 0.1) is 0 Å². The Balaban J connectivity index is 1.99. The smallest absolute Gasteiger partial charge is 0.318 e. The fourth-order valence-corrected chi connectivity index (χ4v) is 2.67. The van der Waals surface area contributed by atoms with Crippen LogP contribution in [0.2, 0.25) is 0 Å². The highest BCUT2D eigenvalue weighted by molar-refractivity contribution is 7.09. The van der Waals surface area contributed by atoms with Crippen LogP contribution in [-0.2, 0) is 13.1 Å². The Labute approximate surface area is 128 Å². The average molecular weight is 308 g/mol. The van der Waals surface area contributed by atoms with Crippen molar-refractivity contribution in [1.29, 1.82) is 0 Å². The van der Waals surface area contributed by atoms with Gasteiger partial charge < -0.3 is 10.2 Å². The third-order valence-electron chi connectivity index (χ3n) is 3.17. The van der Waals surface area contributed by atoms with Gasteiger partial charge in [0, 0.05) is 25.2 Å². The van der Waals surface area contributed by atoms with Crippen LogP contribution in [-0.4, -0.2) is 37.7 Å². The number of rotatable bonds is 6. The number of nitrogens with one attached hydrogen (secondary N) is 1. The molecule has 0 spiro atoms. The number of nitrogens with zero attached hydrogens (tertiary/aromatic N) is 5. The number of hydrogen-bond donors (Lipinski definition) is 1. The second kappa shape index (κ2) is 7.16. The van der Waals surface area contributed by atoms with Crippen LogP contribution >= 0.6 is 11.3 Å². The highest BCUT2D eigenvalue weighted by Gasteiger charge is 2.20. The molecule has 2 aromatic heterocycles. The second-order valence-electron chi connectivity index (χ2n) is 4.63. The Bertz CT molecular complexity index is 567. The maximum absolute atomic E-state index is 12.3. The Morgan fingerprint density at radius 2 is 2.29 bits per heavy atom. The van der Waals surface area contributed by atoms with Crippen molar-refractivity contribution in [2.45, 2.75) is 39.4 Å². The Kier molecular flexibility index (Phi) is 5.26. The van der Waals surface area contributed by atoms with Gasteiger partial charge in [0.2, 0.25) is 0 Å². The van der Waals surface area contributed by atoms with Gasteiger partial charge in [-0.3, -0.25) is 0 Å². The number of aryl methyl sites for hydroxylation is 1. The largest absolute Gasteiger partial charge is 0.328 e. The first-order valence-electron chi connectivity index (χ1n) is 6.93. The fraction of sp³-hybridized carbons (Fsp3) is 0.538. The molecule has 1 N–H and O–H groups in total. The van der Waals surface area contributed by atoms with Crippen molar-refractivity contribution in [2.24, 2.45) is 0 Å². The van der Waals surface area contributed by atoms with Crippen LogP contribution in [0.25, 0.3) is 0 Å². The number of urea groups is 1. The van der Waals surface area contributed by atoms with Crippen molar-refractivity contribution in [3.8, 4) is 0 Å². The third-order valence-corrected chi connectivity index (χ3v) is 3.93. The van der Waals surface area contributed by atoms with E-state index in [-0.39, 0.29) is 12.1 Å². The van der Waals surface area contributed by atoms with Gasteiger partial charge >= 0.3 is 6.03 Å². The average Bonchev–Trinajstić information content (AvgIpc) is 3.15. The molecule has 0 unspecified atom stereocenters. The molecule has 2 aromatic rings. The van der Waals surface area contributed by atoms with Gasteiger partial charge in [-0.05, 0) is 13.3 Å². The second-order valence-corrected chi connectivity index (χ2v) is 5.61. The molecule has 7 nitrogen and oxygen atoms in total. The van der Waals surface area contributed by atoms with Crippen molar-refractivity contribution in [3.05, 3.63) is 28.7 Å². The minimum absolute atomic E-state index is 0.136. The molecular formula is C13H20N6OS. The molecule has 2 rings (SSSR count). The fourth-order valence-electron chi connectivity index (χ4n) is 2.00. The van der Waals surface area contributed by atoms with Crippen LogP contribution in [0.1, 0.15) is 37.1 Å². The SMILES string of the molecule is CC[C@@H](NC(=O)N(C)Cc1nccs1)c1ncnn1CC. The molecule has 0 bridgehead atoms. The van der Waals surface area contributed by atoms with Crippen molar-refractivity contribution in [3.63, 3.8) is 0 Å². The number of aromatic nitrogens is 4. The molecule has 0 saturated carbocycles. The summed E-state index contributed by atoms with van der Waals surface area (Å²) in [5.74, 6) is 0.788. The van der Waals surface area contributed by atoms with Crippen LogP contribution in [0.3, 0.4) is 0 Å². The number of thiazole rings is 1. The lowest BCUT2D eigenvalue weighted by molar-refractivity contribution is 0.201. The van der Waals surface area contributed by atoms with Gasteiger partial charge in [-0.2, -0.15) is 5.10 Å². The standard InChI is InChI=1S/C13H20N6OS/c1-4-10(12-15-9-16-19(12)5-2)17-13(20)18(3)8-11-14-6-7-21-11/h6-7,9-10H,4-5,8H2,1-3H3,(H,17,20)/t10-/m1/s1. The highest BCUT2D eigenvalue weighted by Crippen LogP contribution is 2.14. The Hall–Kier alpha value is -1.96. The summed E-state index contributed by atoms with van der Waals surface area (Å²) < 4.78 is 1.80. The van der Waals surface area contributed by atoms with E-state index in [2.05, 4.69) is 20.4 Å². The molecule has 21 heavy (non-hydrogen) atoms. The van der Waals surface area contributed by atoms with Gasteiger partial charge in [-0.15, -0.1) is 11.3 Å². The summed E-state index contributed by atoms with van der Waals surface area (Å²) in [6.07, 6.45) is 4.02. The summed E-state index contributed by atoms with van der Waals surface area (Å²) in [7, 11) is 1.76. The lowest BCUT2D eigenvalue weighted by Gasteiger charge is -2.22. The van der Waals surface area contributed by atoms with Crippen molar-refractivity contribution >= 4 is 17.4 Å². The van der Waals surface area contributed by atoms with E-state index >= 15 is 0 Å². The van der Waals surface area contributed by atoms with E-state index in [4.69, 9.17) is 0 Å². The van der Waals surface area contributed by atoms with Gasteiger partial charge in [0.15, 0.2) is 0 Å². The third kappa shape index (κ3) is 3.78. The van der Waals surface area contributed by atoms with Crippen molar-refractivity contribution < 1.29 is 4.79 Å². The number of amides is 2. The van der Waals surface area contributed by atoms with Crippen LogP contribution in [0.5, 0.6) is 0 Å². The molecule has 0 radical (unpaired) electrons. The quantitative estimate of drug-likeness (QED) is 0.886. The van der Waals surface area contributed by atoms with E-state index < -0.39 is 0 Å². The highest BCUT2D eigenvalue weighted by atomic mass is 32.1. The first-order chi connectivity index (χ1) is 10.2. The Morgan fingerprint density at radius 1 is 1.48 bits per heavy atom. The molecule has 2 heterocycles. The predicted molar refractivity (Wildman–Crippen MR) is 80.8 cm³/mol. The minimum Gasteiger partial charge on any atom is -0.328 e. The predicted octanol–water partition coefficient (Wildman–Crippen LogP) is 2.05. The lowest BCUT2D eigenvalue weighted by atomic mass is 10.2.